The number of methoxy groups -OCH3 is 1. The summed E-state index contributed by atoms with van der Waals surface area (Å²) >= 11 is 1.18. The van der Waals surface area contributed by atoms with E-state index in [1.54, 1.807) is 18.6 Å². The minimum Gasteiger partial charge on any atom is -0.380 e. The molecule has 0 atom stereocenters. The van der Waals surface area contributed by atoms with Crippen molar-refractivity contribution in [1.29, 1.82) is 0 Å². The van der Waals surface area contributed by atoms with Gasteiger partial charge in [0.2, 0.25) is 5.91 Å². The molecule has 150 valence electrons. The number of thiazole rings is 1. The first-order valence-corrected chi connectivity index (χ1v) is 9.77. The van der Waals surface area contributed by atoms with Gasteiger partial charge in [0, 0.05) is 19.0 Å². The summed E-state index contributed by atoms with van der Waals surface area (Å²) in [7, 11) is 1.64. The molecule has 2 aromatic carbocycles. The van der Waals surface area contributed by atoms with E-state index in [0.717, 1.165) is 11.1 Å². The van der Waals surface area contributed by atoms with E-state index in [1.165, 1.54) is 29.5 Å². The van der Waals surface area contributed by atoms with Crippen LogP contribution < -0.4 is 10.6 Å². The van der Waals surface area contributed by atoms with Crippen LogP contribution in [0.5, 0.6) is 0 Å². The van der Waals surface area contributed by atoms with Gasteiger partial charge in [0.25, 0.3) is 5.91 Å². The number of aromatic nitrogens is 1. The maximum Gasteiger partial charge on any atom is 0.260 e. The predicted molar refractivity (Wildman–Crippen MR) is 109 cm³/mol. The van der Waals surface area contributed by atoms with E-state index in [-0.39, 0.29) is 17.9 Å². The number of halogens is 1. The number of amides is 2. The molecule has 1 aromatic heterocycles. The van der Waals surface area contributed by atoms with E-state index in [0.29, 0.717) is 24.0 Å². The Labute approximate surface area is 171 Å². The van der Waals surface area contributed by atoms with E-state index in [9.17, 15) is 14.0 Å². The topological polar surface area (TPSA) is 80.3 Å². The van der Waals surface area contributed by atoms with Crippen molar-refractivity contribution < 1.29 is 18.7 Å². The Kier molecular flexibility index (Phi) is 7.04. The maximum atomic E-state index is 13.7. The fraction of sp³-hybridized carbons (Fsp3) is 0.190. The van der Waals surface area contributed by atoms with Crippen LogP contribution in [0.4, 0.5) is 9.52 Å². The van der Waals surface area contributed by atoms with Gasteiger partial charge in [0.1, 0.15) is 5.82 Å². The van der Waals surface area contributed by atoms with Crippen LogP contribution in [0.15, 0.2) is 53.9 Å². The van der Waals surface area contributed by atoms with Crippen LogP contribution in [0, 0.1) is 5.82 Å². The maximum absolute atomic E-state index is 13.7. The zero-order valence-electron chi connectivity index (χ0n) is 15.8. The van der Waals surface area contributed by atoms with Crippen molar-refractivity contribution in [2.75, 3.05) is 12.4 Å². The van der Waals surface area contributed by atoms with Crippen LogP contribution in [0.25, 0.3) is 0 Å². The first kappa shape index (κ1) is 20.6. The highest BCUT2D eigenvalue weighted by atomic mass is 32.1. The summed E-state index contributed by atoms with van der Waals surface area (Å²) in [6.07, 6.45) is 0.0911. The fourth-order valence-corrected chi connectivity index (χ4v) is 3.31. The number of hydrogen-bond acceptors (Lipinski definition) is 5. The van der Waals surface area contributed by atoms with Crippen LogP contribution in [-0.4, -0.2) is 23.9 Å². The monoisotopic (exact) mass is 413 g/mol. The molecule has 0 saturated heterocycles. The number of anilines is 1. The highest BCUT2D eigenvalue weighted by molar-refractivity contribution is 7.14. The van der Waals surface area contributed by atoms with Crippen molar-refractivity contribution in [3.8, 4) is 0 Å². The summed E-state index contributed by atoms with van der Waals surface area (Å²) in [5.74, 6) is -1.36. The molecule has 0 aliphatic heterocycles. The van der Waals surface area contributed by atoms with Crippen molar-refractivity contribution in [3.63, 3.8) is 0 Å². The molecule has 3 rings (SSSR count). The molecular weight excluding hydrogens is 393 g/mol. The molecule has 1 heterocycles. The van der Waals surface area contributed by atoms with Crippen LogP contribution in [0.2, 0.25) is 0 Å². The van der Waals surface area contributed by atoms with Crippen molar-refractivity contribution in [3.05, 3.63) is 82.1 Å². The average Bonchev–Trinajstić information content (AvgIpc) is 3.14. The Balaban J connectivity index is 1.49. The Bertz CT molecular complexity index is 989. The zero-order valence-corrected chi connectivity index (χ0v) is 16.6. The average molecular weight is 413 g/mol. The second-order valence-electron chi connectivity index (χ2n) is 6.28. The second kappa shape index (κ2) is 9.90. The summed E-state index contributed by atoms with van der Waals surface area (Å²) in [5.41, 5.74) is 2.52. The van der Waals surface area contributed by atoms with E-state index in [2.05, 4.69) is 15.6 Å². The summed E-state index contributed by atoms with van der Waals surface area (Å²) in [6, 6.07) is 13.5. The molecule has 0 spiro atoms. The van der Waals surface area contributed by atoms with Crippen LogP contribution in [0.1, 0.15) is 27.2 Å². The number of ether oxygens (including phenoxy) is 1. The molecule has 8 heteroatoms. The number of rotatable bonds is 8. The SMILES string of the molecule is COCc1ccc(CNC(=O)Cc2csc(NC(=O)c3ccccc3F)n2)cc1. The molecule has 6 nitrogen and oxygen atoms in total. The Hall–Kier alpha value is -3.10. The number of nitrogens with zero attached hydrogens (tertiary/aromatic N) is 1. The van der Waals surface area contributed by atoms with Gasteiger partial charge in [-0.2, -0.15) is 0 Å². The largest absolute Gasteiger partial charge is 0.380 e. The third-order valence-corrected chi connectivity index (χ3v) is 4.86. The third-order valence-electron chi connectivity index (χ3n) is 4.06. The number of nitrogens with one attached hydrogen (secondary N) is 2. The first-order valence-electron chi connectivity index (χ1n) is 8.89. The lowest BCUT2D eigenvalue weighted by Crippen LogP contribution is -2.24. The van der Waals surface area contributed by atoms with Gasteiger partial charge in [-0.05, 0) is 23.3 Å². The molecule has 0 unspecified atom stereocenters. The molecule has 2 amide bonds. The summed E-state index contributed by atoms with van der Waals surface area (Å²) in [5, 5.41) is 7.40. The molecule has 0 fully saturated rings. The number of carbonyl (C=O) groups excluding carboxylic acids is 2. The van der Waals surface area contributed by atoms with Gasteiger partial charge >= 0.3 is 0 Å². The predicted octanol–water partition coefficient (Wildman–Crippen LogP) is 3.54. The van der Waals surface area contributed by atoms with Gasteiger partial charge in [0.05, 0.1) is 24.3 Å². The highest BCUT2D eigenvalue weighted by Gasteiger charge is 2.14. The second-order valence-corrected chi connectivity index (χ2v) is 7.14. The normalized spacial score (nSPS) is 10.6. The lowest BCUT2D eigenvalue weighted by molar-refractivity contribution is -0.120. The van der Waals surface area contributed by atoms with E-state index >= 15 is 0 Å². The summed E-state index contributed by atoms with van der Waals surface area (Å²) < 4.78 is 18.7. The van der Waals surface area contributed by atoms with Gasteiger partial charge < -0.3 is 10.1 Å². The summed E-state index contributed by atoms with van der Waals surface area (Å²) in [4.78, 5) is 28.5. The van der Waals surface area contributed by atoms with Crippen molar-refractivity contribution in [2.24, 2.45) is 0 Å². The Morgan fingerprint density at radius 3 is 2.55 bits per heavy atom. The molecule has 0 aliphatic carbocycles. The Morgan fingerprint density at radius 1 is 1.10 bits per heavy atom. The molecule has 0 radical (unpaired) electrons. The highest BCUT2D eigenvalue weighted by Crippen LogP contribution is 2.18. The number of carbonyl (C=O) groups is 2. The third kappa shape index (κ3) is 5.94. The van der Waals surface area contributed by atoms with Crippen molar-refractivity contribution in [1.82, 2.24) is 10.3 Å². The standard InChI is InChI=1S/C21H20FN3O3S/c1-28-12-15-8-6-14(7-9-15)11-23-19(26)10-16-13-29-21(24-16)25-20(27)17-4-2-3-5-18(17)22/h2-9,13H,10-12H2,1H3,(H,23,26)(H,24,25,27). The number of benzene rings is 2. The Morgan fingerprint density at radius 2 is 1.83 bits per heavy atom. The van der Waals surface area contributed by atoms with Gasteiger partial charge in [0.15, 0.2) is 5.13 Å². The van der Waals surface area contributed by atoms with Gasteiger partial charge in [-0.3, -0.25) is 14.9 Å². The van der Waals surface area contributed by atoms with E-state index in [1.807, 2.05) is 24.3 Å². The van der Waals surface area contributed by atoms with Crippen LogP contribution in [-0.2, 0) is 29.1 Å². The van der Waals surface area contributed by atoms with Crippen LogP contribution >= 0.6 is 11.3 Å². The molecule has 0 aliphatic rings. The molecule has 2 N–H and O–H groups in total. The lowest BCUT2D eigenvalue weighted by Gasteiger charge is -2.06. The first-order chi connectivity index (χ1) is 14.0. The van der Waals surface area contributed by atoms with Gasteiger partial charge in [-0.1, -0.05) is 36.4 Å². The molecule has 0 saturated carbocycles. The molecule has 3 aromatic rings. The van der Waals surface area contributed by atoms with E-state index < -0.39 is 11.7 Å². The lowest BCUT2D eigenvalue weighted by atomic mass is 10.1. The molecular formula is C21H20FN3O3S. The van der Waals surface area contributed by atoms with Crippen molar-refractivity contribution >= 4 is 28.3 Å². The minimum atomic E-state index is -0.601. The summed E-state index contributed by atoms with van der Waals surface area (Å²) in [6.45, 7) is 0.958. The van der Waals surface area contributed by atoms with Crippen LogP contribution in [0.3, 0.4) is 0 Å². The van der Waals surface area contributed by atoms with Crippen molar-refractivity contribution in [2.45, 2.75) is 19.6 Å². The fourth-order valence-electron chi connectivity index (χ4n) is 2.60. The quantitative estimate of drug-likeness (QED) is 0.592. The van der Waals surface area contributed by atoms with Gasteiger partial charge in [-0.15, -0.1) is 11.3 Å². The smallest absolute Gasteiger partial charge is 0.260 e. The van der Waals surface area contributed by atoms with Gasteiger partial charge in [-0.25, -0.2) is 9.37 Å². The van der Waals surface area contributed by atoms with E-state index in [4.69, 9.17) is 4.74 Å². The molecule has 0 bridgehead atoms. The minimum absolute atomic E-state index is 0.0569. The number of hydrogen-bond donors (Lipinski definition) is 2. The molecule has 29 heavy (non-hydrogen) atoms. The zero-order chi connectivity index (χ0) is 20.6.